The molecule has 1 aromatic heterocycles. The Labute approximate surface area is 112 Å². The fourth-order valence-electron chi connectivity index (χ4n) is 2.41. The van der Waals surface area contributed by atoms with Crippen molar-refractivity contribution in [2.24, 2.45) is 0 Å². The van der Waals surface area contributed by atoms with Gasteiger partial charge < -0.3 is 5.11 Å². The van der Waals surface area contributed by atoms with Gasteiger partial charge in [-0.05, 0) is 47.4 Å². The van der Waals surface area contributed by atoms with Crippen LogP contribution < -0.4 is 0 Å². The lowest BCUT2D eigenvalue weighted by atomic mass is 9.96. The SMILES string of the molecule is Cc1c(CO)cccc1-c1ccc2ncccc2c1. The lowest BCUT2D eigenvalue weighted by Crippen LogP contribution is -1.92. The number of hydrogen-bond donors (Lipinski definition) is 1. The summed E-state index contributed by atoms with van der Waals surface area (Å²) in [7, 11) is 0. The summed E-state index contributed by atoms with van der Waals surface area (Å²) in [6.45, 7) is 2.13. The number of benzene rings is 2. The standard InChI is InChI=1S/C17H15NO/c1-12-15(11-19)4-2-6-16(12)13-7-8-17-14(10-13)5-3-9-18-17/h2-10,19H,11H2,1H3. The van der Waals surface area contributed by atoms with E-state index in [1.165, 1.54) is 0 Å². The third kappa shape index (κ3) is 2.11. The molecule has 0 saturated heterocycles. The maximum Gasteiger partial charge on any atom is 0.0702 e. The number of fused-ring (bicyclic) bond motifs is 1. The number of rotatable bonds is 2. The molecule has 0 spiro atoms. The number of nitrogens with zero attached hydrogens (tertiary/aromatic N) is 1. The zero-order valence-corrected chi connectivity index (χ0v) is 10.8. The zero-order valence-electron chi connectivity index (χ0n) is 10.8. The summed E-state index contributed by atoms with van der Waals surface area (Å²) in [6, 6.07) is 16.3. The van der Waals surface area contributed by atoms with Gasteiger partial charge in [-0.2, -0.15) is 0 Å². The highest BCUT2D eigenvalue weighted by Gasteiger charge is 2.06. The molecular formula is C17H15NO. The normalized spacial score (nSPS) is 10.8. The van der Waals surface area contributed by atoms with Crippen LogP contribution in [0.5, 0.6) is 0 Å². The molecule has 1 heterocycles. The number of aliphatic hydroxyl groups excluding tert-OH is 1. The molecule has 0 unspecified atom stereocenters. The molecular weight excluding hydrogens is 234 g/mol. The van der Waals surface area contributed by atoms with Gasteiger partial charge in [0.05, 0.1) is 12.1 Å². The number of hydrogen-bond acceptors (Lipinski definition) is 2. The molecule has 0 atom stereocenters. The van der Waals surface area contributed by atoms with Crippen molar-refractivity contribution in [1.82, 2.24) is 4.98 Å². The Morgan fingerprint density at radius 2 is 1.95 bits per heavy atom. The Morgan fingerprint density at radius 3 is 2.79 bits per heavy atom. The largest absolute Gasteiger partial charge is 0.392 e. The molecule has 19 heavy (non-hydrogen) atoms. The van der Waals surface area contributed by atoms with Gasteiger partial charge in [-0.3, -0.25) is 4.98 Å². The fourth-order valence-corrected chi connectivity index (χ4v) is 2.41. The molecule has 2 heteroatoms. The second kappa shape index (κ2) is 4.82. The van der Waals surface area contributed by atoms with E-state index in [9.17, 15) is 5.11 Å². The predicted octanol–water partition coefficient (Wildman–Crippen LogP) is 3.70. The van der Waals surface area contributed by atoms with E-state index in [1.54, 1.807) is 6.20 Å². The number of aliphatic hydroxyl groups is 1. The summed E-state index contributed by atoms with van der Waals surface area (Å²) in [5.74, 6) is 0. The first-order chi connectivity index (χ1) is 9.29. The molecule has 3 aromatic rings. The van der Waals surface area contributed by atoms with Crippen molar-refractivity contribution < 1.29 is 5.11 Å². The second-order valence-electron chi connectivity index (χ2n) is 4.66. The van der Waals surface area contributed by atoms with Gasteiger partial charge in [0.15, 0.2) is 0 Å². The van der Waals surface area contributed by atoms with E-state index in [-0.39, 0.29) is 6.61 Å². The zero-order chi connectivity index (χ0) is 13.2. The van der Waals surface area contributed by atoms with Crippen LogP contribution in [0.3, 0.4) is 0 Å². The summed E-state index contributed by atoms with van der Waals surface area (Å²) in [5, 5.41) is 10.5. The quantitative estimate of drug-likeness (QED) is 0.751. The van der Waals surface area contributed by atoms with Crippen LogP contribution >= 0.6 is 0 Å². The Bertz CT molecular complexity index is 734. The van der Waals surface area contributed by atoms with Gasteiger partial charge in [-0.15, -0.1) is 0 Å². The summed E-state index contributed by atoms with van der Waals surface area (Å²) in [6.07, 6.45) is 1.81. The summed E-state index contributed by atoms with van der Waals surface area (Å²) in [5.41, 5.74) is 5.44. The van der Waals surface area contributed by atoms with Crippen molar-refractivity contribution in [3.8, 4) is 11.1 Å². The molecule has 1 N–H and O–H groups in total. The Morgan fingerprint density at radius 1 is 1.05 bits per heavy atom. The first kappa shape index (κ1) is 11.9. The van der Waals surface area contributed by atoms with Crippen LogP contribution in [0.25, 0.3) is 22.0 Å². The van der Waals surface area contributed by atoms with Crippen molar-refractivity contribution in [1.29, 1.82) is 0 Å². The van der Waals surface area contributed by atoms with E-state index in [4.69, 9.17) is 0 Å². The Hall–Kier alpha value is -2.19. The van der Waals surface area contributed by atoms with Gasteiger partial charge in [-0.25, -0.2) is 0 Å². The lowest BCUT2D eigenvalue weighted by Gasteiger charge is -2.10. The third-order valence-electron chi connectivity index (χ3n) is 3.53. The van der Waals surface area contributed by atoms with E-state index in [2.05, 4.69) is 29.2 Å². The van der Waals surface area contributed by atoms with Gasteiger partial charge in [0.1, 0.15) is 0 Å². The summed E-state index contributed by atoms with van der Waals surface area (Å²) in [4.78, 5) is 4.33. The smallest absolute Gasteiger partial charge is 0.0702 e. The Balaban J connectivity index is 2.19. The van der Waals surface area contributed by atoms with E-state index in [0.29, 0.717) is 0 Å². The summed E-state index contributed by atoms with van der Waals surface area (Å²) >= 11 is 0. The van der Waals surface area contributed by atoms with Gasteiger partial charge in [0, 0.05) is 11.6 Å². The molecule has 0 aliphatic rings. The molecule has 2 aromatic carbocycles. The maximum absolute atomic E-state index is 9.35. The molecule has 2 nitrogen and oxygen atoms in total. The van der Waals surface area contributed by atoms with E-state index in [1.807, 2.05) is 31.2 Å². The van der Waals surface area contributed by atoms with Crippen LogP contribution in [0.2, 0.25) is 0 Å². The second-order valence-corrected chi connectivity index (χ2v) is 4.66. The predicted molar refractivity (Wildman–Crippen MR) is 77.8 cm³/mol. The molecule has 0 radical (unpaired) electrons. The highest BCUT2D eigenvalue weighted by atomic mass is 16.3. The topological polar surface area (TPSA) is 33.1 Å². The van der Waals surface area contributed by atoms with Crippen molar-refractivity contribution in [2.75, 3.05) is 0 Å². The van der Waals surface area contributed by atoms with Gasteiger partial charge >= 0.3 is 0 Å². The first-order valence-corrected chi connectivity index (χ1v) is 6.34. The van der Waals surface area contributed by atoms with Crippen molar-refractivity contribution in [3.05, 3.63) is 65.9 Å². The highest BCUT2D eigenvalue weighted by molar-refractivity contribution is 5.85. The van der Waals surface area contributed by atoms with E-state index < -0.39 is 0 Å². The van der Waals surface area contributed by atoms with Crippen LogP contribution in [0.15, 0.2) is 54.7 Å². The molecule has 0 bridgehead atoms. The minimum Gasteiger partial charge on any atom is -0.392 e. The van der Waals surface area contributed by atoms with E-state index >= 15 is 0 Å². The third-order valence-corrected chi connectivity index (χ3v) is 3.53. The van der Waals surface area contributed by atoms with Crippen molar-refractivity contribution in [2.45, 2.75) is 13.5 Å². The molecule has 0 amide bonds. The maximum atomic E-state index is 9.35. The first-order valence-electron chi connectivity index (χ1n) is 6.34. The average molecular weight is 249 g/mol. The molecule has 0 aliphatic carbocycles. The highest BCUT2D eigenvalue weighted by Crippen LogP contribution is 2.28. The minimum atomic E-state index is 0.0782. The number of pyridine rings is 1. The van der Waals surface area contributed by atoms with Crippen LogP contribution in [0.4, 0.5) is 0 Å². The van der Waals surface area contributed by atoms with Crippen LogP contribution in [-0.4, -0.2) is 10.1 Å². The van der Waals surface area contributed by atoms with Gasteiger partial charge in [0.2, 0.25) is 0 Å². The Kier molecular flexibility index (Phi) is 3.02. The van der Waals surface area contributed by atoms with Gasteiger partial charge in [0.25, 0.3) is 0 Å². The lowest BCUT2D eigenvalue weighted by molar-refractivity contribution is 0.281. The molecule has 3 rings (SSSR count). The molecule has 0 fully saturated rings. The number of aromatic nitrogens is 1. The van der Waals surface area contributed by atoms with Crippen molar-refractivity contribution in [3.63, 3.8) is 0 Å². The molecule has 94 valence electrons. The van der Waals surface area contributed by atoms with Gasteiger partial charge in [-0.1, -0.05) is 30.3 Å². The van der Waals surface area contributed by atoms with Crippen LogP contribution in [-0.2, 0) is 6.61 Å². The molecule has 0 aliphatic heterocycles. The van der Waals surface area contributed by atoms with E-state index in [0.717, 1.165) is 33.2 Å². The van der Waals surface area contributed by atoms with Crippen LogP contribution in [0, 0.1) is 6.92 Å². The molecule has 0 saturated carbocycles. The summed E-state index contributed by atoms with van der Waals surface area (Å²) < 4.78 is 0. The van der Waals surface area contributed by atoms with Crippen LogP contribution in [0.1, 0.15) is 11.1 Å². The minimum absolute atomic E-state index is 0.0782. The fraction of sp³-hybridized carbons (Fsp3) is 0.118. The monoisotopic (exact) mass is 249 g/mol. The van der Waals surface area contributed by atoms with Crippen molar-refractivity contribution >= 4 is 10.9 Å². The average Bonchev–Trinajstić information content (AvgIpc) is 2.47.